The van der Waals surface area contributed by atoms with E-state index in [1.807, 2.05) is 18.2 Å². The monoisotopic (exact) mass is 274 g/mol. The lowest BCUT2D eigenvalue weighted by molar-refractivity contribution is -0.125. The lowest BCUT2D eigenvalue weighted by atomic mass is 10.1. The molecule has 0 radical (unpaired) electrons. The molecule has 1 aromatic rings. The second-order valence-corrected chi connectivity index (χ2v) is 6.23. The maximum absolute atomic E-state index is 11.8. The van der Waals surface area contributed by atoms with Gasteiger partial charge in [-0.1, -0.05) is 6.07 Å². The Balaban J connectivity index is 1.93. The summed E-state index contributed by atoms with van der Waals surface area (Å²) in [5.41, 5.74) is 2.69. The van der Waals surface area contributed by atoms with Gasteiger partial charge >= 0.3 is 0 Å². The van der Waals surface area contributed by atoms with Gasteiger partial charge in [-0.3, -0.25) is 4.79 Å². The zero-order valence-corrected chi connectivity index (χ0v) is 12.3. The van der Waals surface area contributed by atoms with Crippen molar-refractivity contribution < 1.29 is 9.90 Å². The molecule has 0 spiro atoms. The number of hydrogen-bond donors (Lipinski definition) is 1. The van der Waals surface area contributed by atoms with E-state index < -0.39 is 6.10 Å². The van der Waals surface area contributed by atoms with Crippen LogP contribution in [0, 0.1) is 5.92 Å². The van der Waals surface area contributed by atoms with E-state index in [0.717, 1.165) is 29.4 Å². The molecule has 0 bridgehead atoms. The Bertz CT molecular complexity index is 537. The molecule has 1 atom stereocenters. The van der Waals surface area contributed by atoms with Crippen LogP contribution in [0.5, 0.6) is 0 Å². The van der Waals surface area contributed by atoms with Crippen LogP contribution in [0.3, 0.4) is 0 Å². The highest BCUT2D eigenvalue weighted by Gasteiger charge is 2.34. The fraction of sp³-hybridized carbons (Fsp3) is 0.562. The van der Waals surface area contributed by atoms with Crippen LogP contribution in [0.1, 0.15) is 38.4 Å². The van der Waals surface area contributed by atoms with Crippen molar-refractivity contribution in [2.24, 2.45) is 5.92 Å². The Morgan fingerprint density at radius 3 is 2.70 bits per heavy atom. The Kier molecular flexibility index (Phi) is 3.21. The van der Waals surface area contributed by atoms with E-state index in [-0.39, 0.29) is 5.91 Å². The predicted octanol–water partition coefficient (Wildman–Crippen LogP) is 2.32. The molecule has 0 saturated heterocycles. The first kappa shape index (κ1) is 13.4. The number of anilines is 2. The standard InChI is InChI=1S/C16H22N2O2/c1-10(2)18(9-11-4-5-11)12-6-7-13-14(8-12)17(3)16(20)15(13)19/h6-8,10-11,15,19H,4-5,9H2,1-3H3. The van der Waals surface area contributed by atoms with E-state index in [1.165, 1.54) is 12.8 Å². The van der Waals surface area contributed by atoms with E-state index in [4.69, 9.17) is 0 Å². The molecule has 20 heavy (non-hydrogen) atoms. The minimum atomic E-state index is -1.00. The molecule has 1 unspecified atom stereocenters. The number of aliphatic hydroxyl groups excluding tert-OH is 1. The van der Waals surface area contributed by atoms with Crippen LogP contribution in [-0.2, 0) is 4.79 Å². The van der Waals surface area contributed by atoms with Gasteiger partial charge in [0.2, 0.25) is 0 Å². The summed E-state index contributed by atoms with van der Waals surface area (Å²) in [5, 5.41) is 9.91. The molecule has 1 aliphatic carbocycles. The maximum Gasteiger partial charge on any atom is 0.260 e. The highest BCUT2D eigenvalue weighted by molar-refractivity contribution is 6.03. The number of amides is 1. The molecule has 1 aromatic carbocycles. The lowest BCUT2D eigenvalue weighted by Gasteiger charge is -2.30. The van der Waals surface area contributed by atoms with Crippen molar-refractivity contribution in [3.05, 3.63) is 23.8 Å². The number of likely N-dealkylation sites (N-methyl/N-ethyl adjacent to an activating group) is 1. The molecule has 4 nitrogen and oxygen atoms in total. The minimum Gasteiger partial charge on any atom is -0.378 e. The van der Waals surface area contributed by atoms with Crippen molar-refractivity contribution in [2.75, 3.05) is 23.4 Å². The normalized spacial score (nSPS) is 21.6. The van der Waals surface area contributed by atoms with Gasteiger partial charge in [-0.15, -0.1) is 0 Å². The van der Waals surface area contributed by atoms with Crippen molar-refractivity contribution in [1.82, 2.24) is 0 Å². The van der Waals surface area contributed by atoms with Gasteiger partial charge in [0.25, 0.3) is 5.91 Å². The van der Waals surface area contributed by atoms with Crippen molar-refractivity contribution >= 4 is 17.3 Å². The summed E-state index contributed by atoms with van der Waals surface area (Å²) in [6, 6.07) is 6.38. The second kappa shape index (κ2) is 4.77. The first-order chi connectivity index (χ1) is 9.49. The summed E-state index contributed by atoms with van der Waals surface area (Å²) in [6.07, 6.45) is 1.65. The highest BCUT2D eigenvalue weighted by Crippen LogP contribution is 2.39. The highest BCUT2D eigenvalue weighted by atomic mass is 16.3. The molecular formula is C16H22N2O2. The first-order valence-electron chi connectivity index (χ1n) is 7.35. The van der Waals surface area contributed by atoms with Crippen LogP contribution in [0.4, 0.5) is 11.4 Å². The lowest BCUT2D eigenvalue weighted by Crippen LogP contribution is -2.32. The zero-order valence-electron chi connectivity index (χ0n) is 12.3. The van der Waals surface area contributed by atoms with Gasteiger partial charge in [-0.2, -0.15) is 0 Å². The van der Waals surface area contributed by atoms with Gasteiger partial charge in [-0.25, -0.2) is 0 Å². The van der Waals surface area contributed by atoms with Gasteiger partial charge in [0.05, 0.1) is 5.69 Å². The summed E-state index contributed by atoms with van der Waals surface area (Å²) >= 11 is 0. The molecule has 1 saturated carbocycles. The van der Waals surface area contributed by atoms with Gasteiger partial charge < -0.3 is 14.9 Å². The second-order valence-electron chi connectivity index (χ2n) is 6.23. The largest absolute Gasteiger partial charge is 0.378 e. The number of carbonyl (C=O) groups is 1. The number of aliphatic hydroxyl groups is 1. The molecule has 4 heteroatoms. The molecular weight excluding hydrogens is 252 g/mol. The average Bonchev–Trinajstić information content (AvgIpc) is 3.22. The third-order valence-electron chi connectivity index (χ3n) is 4.34. The Morgan fingerprint density at radius 1 is 1.40 bits per heavy atom. The Morgan fingerprint density at radius 2 is 2.10 bits per heavy atom. The van der Waals surface area contributed by atoms with Crippen LogP contribution in [0.25, 0.3) is 0 Å². The zero-order chi connectivity index (χ0) is 14.4. The first-order valence-corrected chi connectivity index (χ1v) is 7.35. The fourth-order valence-corrected chi connectivity index (χ4v) is 2.86. The van der Waals surface area contributed by atoms with Crippen LogP contribution >= 0.6 is 0 Å². The predicted molar refractivity (Wildman–Crippen MR) is 80.0 cm³/mol. The molecule has 108 valence electrons. The number of carbonyl (C=O) groups excluding carboxylic acids is 1. The van der Waals surface area contributed by atoms with Gasteiger partial charge in [-0.05, 0) is 44.7 Å². The fourth-order valence-electron chi connectivity index (χ4n) is 2.86. The van der Waals surface area contributed by atoms with Crippen LogP contribution in [0.2, 0.25) is 0 Å². The average molecular weight is 274 g/mol. The SMILES string of the molecule is CC(C)N(CC1CC1)c1ccc2c(c1)N(C)C(=O)C2O. The van der Waals surface area contributed by atoms with E-state index >= 15 is 0 Å². The maximum atomic E-state index is 11.8. The van der Waals surface area contributed by atoms with Gasteiger partial charge in [0.15, 0.2) is 6.10 Å². The molecule has 1 amide bonds. The van der Waals surface area contributed by atoms with E-state index in [0.29, 0.717) is 6.04 Å². The third-order valence-corrected chi connectivity index (χ3v) is 4.34. The van der Waals surface area contributed by atoms with Crippen molar-refractivity contribution in [2.45, 2.75) is 38.8 Å². The van der Waals surface area contributed by atoms with Gasteiger partial charge in [0.1, 0.15) is 0 Å². The third kappa shape index (κ3) is 2.18. The van der Waals surface area contributed by atoms with E-state index in [9.17, 15) is 9.90 Å². The topological polar surface area (TPSA) is 43.8 Å². The Hall–Kier alpha value is -1.55. The summed E-state index contributed by atoms with van der Waals surface area (Å²) < 4.78 is 0. The summed E-state index contributed by atoms with van der Waals surface area (Å²) in [6.45, 7) is 5.47. The van der Waals surface area contributed by atoms with E-state index in [2.05, 4.69) is 18.7 Å². The van der Waals surface area contributed by atoms with Gasteiger partial charge in [0, 0.05) is 30.9 Å². The van der Waals surface area contributed by atoms with Crippen LogP contribution < -0.4 is 9.80 Å². The molecule has 3 rings (SSSR count). The van der Waals surface area contributed by atoms with Crippen molar-refractivity contribution in [3.63, 3.8) is 0 Å². The van der Waals surface area contributed by atoms with Crippen LogP contribution in [0.15, 0.2) is 18.2 Å². The molecule has 1 fully saturated rings. The number of benzene rings is 1. The number of rotatable bonds is 4. The number of nitrogens with zero attached hydrogens (tertiary/aromatic N) is 2. The molecule has 1 N–H and O–H groups in total. The van der Waals surface area contributed by atoms with Crippen molar-refractivity contribution in [1.29, 1.82) is 0 Å². The molecule has 1 heterocycles. The molecule has 0 aromatic heterocycles. The quantitative estimate of drug-likeness (QED) is 0.916. The number of fused-ring (bicyclic) bond motifs is 1. The number of hydrogen-bond acceptors (Lipinski definition) is 3. The summed E-state index contributed by atoms with van der Waals surface area (Å²) in [5.74, 6) is 0.575. The summed E-state index contributed by atoms with van der Waals surface area (Å²) in [7, 11) is 1.72. The minimum absolute atomic E-state index is 0.240. The van der Waals surface area contributed by atoms with Crippen molar-refractivity contribution in [3.8, 4) is 0 Å². The van der Waals surface area contributed by atoms with Crippen LogP contribution in [-0.4, -0.2) is 30.6 Å². The molecule has 1 aliphatic heterocycles. The smallest absolute Gasteiger partial charge is 0.260 e. The molecule has 2 aliphatic rings. The summed E-state index contributed by atoms with van der Waals surface area (Å²) in [4.78, 5) is 15.8. The van der Waals surface area contributed by atoms with E-state index in [1.54, 1.807) is 11.9 Å². The Labute approximate surface area is 120 Å².